The van der Waals surface area contributed by atoms with Gasteiger partial charge in [-0.05, 0) is 42.9 Å². The van der Waals surface area contributed by atoms with Crippen LogP contribution < -0.4 is 15.0 Å². The lowest BCUT2D eigenvalue weighted by atomic mass is 10.1. The zero-order chi connectivity index (χ0) is 21.3. The second-order valence-electron chi connectivity index (χ2n) is 6.92. The fourth-order valence-corrected chi connectivity index (χ4v) is 3.94. The maximum atomic E-state index is 13.3. The summed E-state index contributed by atoms with van der Waals surface area (Å²) in [5.41, 5.74) is 2.38. The third kappa shape index (κ3) is 3.37. The van der Waals surface area contributed by atoms with Crippen LogP contribution in [0.1, 0.15) is 18.9 Å². The van der Waals surface area contributed by atoms with Gasteiger partial charge in [-0.15, -0.1) is 0 Å². The lowest BCUT2D eigenvalue weighted by Crippen LogP contribution is -2.54. The van der Waals surface area contributed by atoms with Crippen molar-refractivity contribution in [2.24, 2.45) is 0 Å². The van der Waals surface area contributed by atoms with E-state index in [0.29, 0.717) is 11.4 Å². The molecule has 152 valence electrons. The molecule has 3 aromatic rings. The molecule has 1 fully saturated rings. The maximum Gasteiger partial charge on any atom is 0.270 e. The Morgan fingerprint density at radius 1 is 1.10 bits per heavy atom. The van der Waals surface area contributed by atoms with Crippen LogP contribution in [-0.2, 0) is 16.1 Å². The quantitative estimate of drug-likeness (QED) is 0.387. The van der Waals surface area contributed by atoms with Gasteiger partial charge in [0, 0.05) is 29.2 Å². The average molecular weight is 420 g/mol. The van der Waals surface area contributed by atoms with E-state index in [-0.39, 0.29) is 10.7 Å². The van der Waals surface area contributed by atoms with Crippen LogP contribution in [0.2, 0.25) is 0 Å². The van der Waals surface area contributed by atoms with Crippen LogP contribution in [0, 0.1) is 0 Å². The van der Waals surface area contributed by atoms with Gasteiger partial charge >= 0.3 is 0 Å². The SMILES string of the molecule is CCCn1cc(/C=C2\C(=O)NC(=S)N(c3ccccc3OC)C2=O)c2ccccc21. The predicted molar refractivity (Wildman–Crippen MR) is 121 cm³/mol. The molecule has 4 rings (SSSR count). The van der Waals surface area contributed by atoms with Crippen LogP contribution in [0.25, 0.3) is 17.0 Å². The number of thiocarbonyl (C=S) groups is 1. The van der Waals surface area contributed by atoms with Crippen molar-refractivity contribution in [2.75, 3.05) is 12.0 Å². The van der Waals surface area contributed by atoms with Crippen molar-refractivity contribution in [3.8, 4) is 5.75 Å². The Bertz CT molecular complexity index is 1200. The van der Waals surface area contributed by atoms with Crippen LogP contribution in [0.15, 0.2) is 60.3 Å². The molecule has 2 aromatic carbocycles. The second kappa shape index (κ2) is 8.12. The van der Waals surface area contributed by atoms with Gasteiger partial charge in [0.15, 0.2) is 5.11 Å². The van der Waals surface area contributed by atoms with Crippen LogP contribution in [0.5, 0.6) is 5.75 Å². The van der Waals surface area contributed by atoms with E-state index in [2.05, 4.69) is 16.8 Å². The number of benzene rings is 2. The molecule has 1 aliphatic heterocycles. The number of ether oxygens (including phenoxy) is 1. The Labute approximate surface area is 179 Å². The first-order valence-electron chi connectivity index (χ1n) is 9.67. The van der Waals surface area contributed by atoms with Crippen LogP contribution in [0.3, 0.4) is 0 Å². The number of aryl methyl sites for hydroxylation is 1. The maximum absolute atomic E-state index is 13.3. The number of carbonyl (C=O) groups is 2. The molecule has 1 aromatic heterocycles. The highest BCUT2D eigenvalue weighted by Crippen LogP contribution is 2.31. The molecule has 0 atom stereocenters. The third-order valence-corrected chi connectivity index (χ3v) is 5.30. The number of hydrogen-bond acceptors (Lipinski definition) is 4. The zero-order valence-corrected chi connectivity index (χ0v) is 17.5. The van der Waals surface area contributed by atoms with E-state index >= 15 is 0 Å². The topological polar surface area (TPSA) is 63.6 Å². The highest BCUT2D eigenvalue weighted by atomic mass is 32.1. The minimum Gasteiger partial charge on any atom is -0.495 e. The van der Waals surface area contributed by atoms with Gasteiger partial charge in [-0.2, -0.15) is 0 Å². The number of nitrogens with zero attached hydrogens (tertiary/aromatic N) is 2. The van der Waals surface area contributed by atoms with E-state index in [0.717, 1.165) is 29.4 Å². The molecule has 0 spiro atoms. The summed E-state index contributed by atoms with van der Waals surface area (Å²) in [7, 11) is 1.52. The summed E-state index contributed by atoms with van der Waals surface area (Å²) in [4.78, 5) is 27.3. The predicted octanol–water partition coefficient (Wildman–Crippen LogP) is 3.89. The van der Waals surface area contributed by atoms with Crippen LogP contribution in [0.4, 0.5) is 5.69 Å². The normalized spacial score (nSPS) is 15.7. The van der Waals surface area contributed by atoms with Gasteiger partial charge in [0.25, 0.3) is 11.8 Å². The fraction of sp³-hybridized carbons (Fsp3) is 0.174. The van der Waals surface area contributed by atoms with Gasteiger partial charge in [-0.1, -0.05) is 37.3 Å². The molecular formula is C23H21N3O3S. The molecule has 2 amide bonds. The first kappa shape index (κ1) is 19.8. The number of rotatable bonds is 5. The fourth-order valence-electron chi connectivity index (χ4n) is 3.66. The number of carbonyl (C=O) groups excluding carboxylic acids is 2. The molecular weight excluding hydrogens is 398 g/mol. The Morgan fingerprint density at radius 2 is 1.83 bits per heavy atom. The van der Waals surface area contributed by atoms with E-state index < -0.39 is 11.8 Å². The summed E-state index contributed by atoms with van der Waals surface area (Å²) in [5, 5.41) is 3.64. The number of anilines is 1. The van der Waals surface area contributed by atoms with E-state index in [1.807, 2.05) is 30.5 Å². The number of nitrogens with one attached hydrogen (secondary N) is 1. The molecule has 1 aliphatic rings. The van der Waals surface area contributed by atoms with Crippen molar-refractivity contribution >= 4 is 51.8 Å². The van der Waals surface area contributed by atoms with Gasteiger partial charge in [-0.25, -0.2) is 4.90 Å². The molecule has 1 saturated heterocycles. The second-order valence-corrected chi connectivity index (χ2v) is 7.31. The minimum absolute atomic E-state index is 0.0221. The van der Waals surface area contributed by atoms with Gasteiger partial charge in [0.2, 0.25) is 0 Å². The summed E-state index contributed by atoms with van der Waals surface area (Å²) in [6.45, 7) is 2.96. The number of para-hydroxylation sites is 3. The number of fused-ring (bicyclic) bond motifs is 1. The summed E-state index contributed by atoms with van der Waals surface area (Å²) in [5.74, 6) is -0.507. The molecule has 0 bridgehead atoms. The van der Waals surface area contributed by atoms with Crippen molar-refractivity contribution in [3.05, 3.63) is 65.9 Å². The van der Waals surface area contributed by atoms with E-state index in [4.69, 9.17) is 17.0 Å². The van der Waals surface area contributed by atoms with Crippen LogP contribution in [-0.4, -0.2) is 28.6 Å². The molecule has 30 heavy (non-hydrogen) atoms. The molecule has 0 saturated carbocycles. The number of hydrogen-bond donors (Lipinski definition) is 1. The van der Waals surface area contributed by atoms with Crippen LogP contribution >= 0.6 is 12.2 Å². The summed E-state index contributed by atoms with van der Waals surface area (Å²) < 4.78 is 7.51. The van der Waals surface area contributed by atoms with Crippen molar-refractivity contribution in [1.82, 2.24) is 9.88 Å². The van der Waals surface area contributed by atoms with Crippen molar-refractivity contribution < 1.29 is 14.3 Å². The Balaban J connectivity index is 1.82. The van der Waals surface area contributed by atoms with E-state index in [9.17, 15) is 9.59 Å². The Kier molecular flexibility index (Phi) is 5.37. The van der Waals surface area contributed by atoms with Crippen molar-refractivity contribution in [2.45, 2.75) is 19.9 Å². The molecule has 1 N–H and O–H groups in total. The number of methoxy groups -OCH3 is 1. The van der Waals surface area contributed by atoms with E-state index in [1.54, 1.807) is 30.3 Å². The monoisotopic (exact) mass is 419 g/mol. The minimum atomic E-state index is -0.511. The first-order valence-corrected chi connectivity index (χ1v) is 10.1. The van der Waals surface area contributed by atoms with Crippen molar-refractivity contribution in [1.29, 1.82) is 0 Å². The summed E-state index contributed by atoms with van der Waals surface area (Å²) >= 11 is 5.29. The first-order chi connectivity index (χ1) is 14.5. The molecule has 0 radical (unpaired) electrons. The standard InChI is InChI=1S/C23H21N3O3S/c1-3-12-25-14-15(16-8-4-5-9-18(16)25)13-17-21(27)24-23(30)26(22(17)28)19-10-6-7-11-20(19)29-2/h4-11,13-14H,3,12H2,1-2H3,(H,24,27,30)/b17-13+. The van der Waals surface area contributed by atoms with E-state index in [1.165, 1.54) is 12.0 Å². The van der Waals surface area contributed by atoms with Gasteiger partial charge in [-0.3, -0.25) is 14.9 Å². The Morgan fingerprint density at radius 3 is 2.60 bits per heavy atom. The molecule has 2 heterocycles. The third-order valence-electron chi connectivity index (χ3n) is 5.01. The number of aromatic nitrogens is 1. The van der Waals surface area contributed by atoms with Gasteiger partial charge < -0.3 is 9.30 Å². The van der Waals surface area contributed by atoms with Crippen molar-refractivity contribution in [3.63, 3.8) is 0 Å². The largest absolute Gasteiger partial charge is 0.495 e. The zero-order valence-electron chi connectivity index (χ0n) is 16.7. The number of amides is 2. The average Bonchev–Trinajstić information content (AvgIpc) is 3.09. The smallest absolute Gasteiger partial charge is 0.270 e. The molecule has 0 unspecified atom stereocenters. The molecule has 0 aliphatic carbocycles. The van der Waals surface area contributed by atoms with Gasteiger partial charge in [0.05, 0.1) is 12.8 Å². The van der Waals surface area contributed by atoms with Gasteiger partial charge in [0.1, 0.15) is 11.3 Å². The highest BCUT2D eigenvalue weighted by Gasteiger charge is 2.36. The molecule has 6 nitrogen and oxygen atoms in total. The summed E-state index contributed by atoms with van der Waals surface area (Å²) in [6.07, 6.45) is 4.59. The lowest BCUT2D eigenvalue weighted by molar-refractivity contribution is -0.122. The summed E-state index contributed by atoms with van der Waals surface area (Å²) in [6, 6.07) is 15.0. The lowest BCUT2D eigenvalue weighted by Gasteiger charge is -2.29. The Hall–Kier alpha value is -3.45. The highest BCUT2D eigenvalue weighted by molar-refractivity contribution is 7.80. The molecule has 7 heteroatoms.